The number of benzene rings is 1. The monoisotopic (exact) mass is 416 g/mol. The average molecular weight is 417 g/mol. The van der Waals surface area contributed by atoms with Gasteiger partial charge in [-0.05, 0) is 45.2 Å². The lowest BCUT2D eigenvalue weighted by Crippen LogP contribution is -2.51. The standard InChI is InChI=1S/C20H28N6O2S/c1-12(2)20(6,11-21)23-18(27)15(5)29-19-25-24-17(26(19)22)10-28-16-8-7-13(3)9-14(16)4/h7-9,12,15H,10,22H2,1-6H3,(H,23,27). The largest absolute Gasteiger partial charge is 0.485 e. The number of nitrogens with zero attached hydrogens (tertiary/aromatic N) is 4. The van der Waals surface area contributed by atoms with Gasteiger partial charge in [0.1, 0.15) is 17.9 Å². The Morgan fingerprint density at radius 1 is 1.38 bits per heavy atom. The first-order chi connectivity index (χ1) is 13.6. The van der Waals surface area contributed by atoms with E-state index in [0.29, 0.717) is 11.0 Å². The summed E-state index contributed by atoms with van der Waals surface area (Å²) in [6, 6.07) is 8.09. The van der Waals surface area contributed by atoms with E-state index >= 15 is 0 Å². The number of carbonyl (C=O) groups excluding carboxylic acids is 1. The predicted octanol–water partition coefficient (Wildman–Crippen LogP) is 2.72. The molecule has 1 aromatic heterocycles. The van der Waals surface area contributed by atoms with E-state index in [9.17, 15) is 10.1 Å². The molecule has 0 saturated heterocycles. The first kappa shape index (κ1) is 22.6. The molecule has 2 unspecified atom stereocenters. The van der Waals surface area contributed by atoms with Crippen LogP contribution in [0.2, 0.25) is 0 Å². The van der Waals surface area contributed by atoms with Crippen LogP contribution < -0.4 is 15.9 Å². The van der Waals surface area contributed by atoms with E-state index in [1.807, 2.05) is 45.9 Å². The predicted molar refractivity (Wildman–Crippen MR) is 113 cm³/mol. The number of amides is 1. The van der Waals surface area contributed by atoms with Gasteiger partial charge in [-0.15, -0.1) is 10.2 Å². The third-order valence-electron chi connectivity index (χ3n) is 4.84. The summed E-state index contributed by atoms with van der Waals surface area (Å²) in [7, 11) is 0. The maximum atomic E-state index is 12.5. The highest BCUT2D eigenvalue weighted by Crippen LogP contribution is 2.24. The number of hydrogen-bond donors (Lipinski definition) is 2. The molecule has 156 valence electrons. The number of nitrogens with one attached hydrogen (secondary N) is 1. The Balaban J connectivity index is 2.01. The lowest BCUT2D eigenvalue weighted by atomic mass is 9.90. The summed E-state index contributed by atoms with van der Waals surface area (Å²) >= 11 is 1.18. The van der Waals surface area contributed by atoms with Crippen LogP contribution in [-0.4, -0.2) is 31.6 Å². The number of nitrogens with two attached hydrogens (primary N) is 1. The minimum absolute atomic E-state index is 0.0270. The zero-order valence-electron chi connectivity index (χ0n) is 17.7. The summed E-state index contributed by atoms with van der Waals surface area (Å²) in [5, 5.41) is 20.2. The van der Waals surface area contributed by atoms with Crippen molar-refractivity contribution in [1.82, 2.24) is 20.2 Å². The lowest BCUT2D eigenvalue weighted by molar-refractivity contribution is -0.121. The van der Waals surface area contributed by atoms with Gasteiger partial charge in [0.25, 0.3) is 0 Å². The number of thioether (sulfide) groups is 1. The SMILES string of the molecule is Cc1ccc(OCc2nnc(SC(C)C(=O)NC(C)(C#N)C(C)C)n2N)c(C)c1. The number of nitriles is 1. The van der Waals surface area contributed by atoms with Crippen LogP contribution in [0.4, 0.5) is 0 Å². The van der Waals surface area contributed by atoms with Gasteiger partial charge >= 0.3 is 0 Å². The van der Waals surface area contributed by atoms with Gasteiger partial charge in [0.2, 0.25) is 11.1 Å². The second-order valence-electron chi connectivity index (χ2n) is 7.54. The van der Waals surface area contributed by atoms with Gasteiger partial charge in [0.15, 0.2) is 5.82 Å². The molecule has 0 aliphatic carbocycles. The van der Waals surface area contributed by atoms with Crippen molar-refractivity contribution >= 4 is 17.7 Å². The fourth-order valence-electron chi connectivity index (χ4n) is 2.46. The summed E-state index contributed by atoms with van der Waals surface area (Å²) < 4.78 is 7.13. The zero-order chi connectivity index (χ0) is 21.8. The molecule has 0 aliphatic rings. The van der Waals surface area contributed by atoms with E-state index in [-0.39, 0.29) is 18.4 Å². The molecule has 2 atom stereocenters. The fourth-order valence-corrected chi connectivity index (χ4v) is 3.25. The molecular formula is C20H28N6O2S. The summed E-state index contributed by atoms with van der Waals surface area (Å²) in [6.07, 6.45) is 0. The van der Waals surface area contributed by atoms with Gasteiger partial charge in [-0.3, -0.25) is 4.79 Å². The minimum atomic E-state index is -0.937. The van der Waals surface area contributed by atoms with E-state index in [2.05, 4.69) is 21.6 Å². The smallest absolute Gasteiger partial charge is 0.234 e. The number of hydrogen-bond acceptors (Lipinski definition) is 7. The number of aryl methyl sites for hydroxylation is 2. The van der Waals surface area contributed by atoms with Crippen LogP contribution in [0.3, 0.4) is 0 Å². The molecule has 3 N–H and O–H groups in total. The van der Waals surface area contributed by atoms with Crippen LogP contribution in [0, 0.1) is 31.1 Å². The lowest BCUT2D eigenvalue weighted by Gasteiger charge is -2.28. The van der Waals surface area contributed by atoms with Crippen molar-refractivity contribution in [2.45, 2.75) is 64.1 Å². The molecule has 1 aromatic carbocycles. The maximum absolute atomic E-state index is 12.5. The van der Waals surface area contributed by atoms with Crippen molar-refractivity contribution in [2.24, 2.45) is 5.92 Å². The average Bonchev–Trinajstić information content (AvgIpc) is 3.00. The summed E-state index contributed by atoms with van der Waals surface area (Å²) in [4.78, 5) is 12.5. The molecular weight excluding hydrogens is 388 g/mol. The Morgan fingerprint density at radius 2 is 2.07 bits per heavy atom. The van der Waals surface area contributed by atoms with Crippen molar-refractivity contribution in [2.75, 3.05) is 5.84 Å². The highest BCUT2D eigenvalue weighted by molar-refractivity contribution is 8.00. The van der Waals surface area contributed by atoms with E-state index in [1.165, 1.54) is 16.4 Å². The topological polar surface area (TPSA) is 119 Å². The molecule has 0 spiro atoms. The second-order valence-corrected chi connectivity index (χ2v) is 8.85. The van der Waals surface area contributed by atoms with Gasteiger partial charge in [0, 0.05) is 0 Å². The van der Waals surface area contributed by atoms with E-state index in [4.69, 9.17) is 10.6 Å². The number of carbonyl (C=O) groups is 1. The molecule has 0 radical (unpaired) electrons. The normalized spacial score (nSPS) is 14.1. The van der Waals surface area contributed by atoms with Gasteiger partial charge in [-0.2, -0.15) is 5.26 Å². The van der Waals surface area contributed by atoms with Gasteiger partial charge < -0.3 is 15.9 Å². The van der Waals surface area contributed by atoms with Crippen molar-refractivity contribution in [1.29, 1.82) is 5.26 Å². The Morgan fingerprint density at radius 3 is 2.66 bits per heavy atom. The van der Waals surface area contributed by atoms with Crippen LogP contribution in [0.25, 0.3) is 0 Å². The number of rotatable bonds is 8. The van der Waals surface area contributed by atoms with Gasteiger partial charge in [-0.25, -0.2) is 4.68 Å². The Bertz CT molecular complexity index is 920. The highest BCUT2D eigenvalue weighted by Gasteiger charge is 2.32. The van der Waals surface area contributed by atoms with Crippen LogP contribution in [0.15, 0.2) is 23.4 Å². The van der Waals surface area contributed by atoms with E-state index in [0.717, 1.165) is 16.9 Å². The third kappa shape index (κ3) is 5.41. The Labute approximate surface area is 175 Å². The first-order valence-electron chi connectivity index (χ1n) is 9.36. The van der Waals surface area contributed by atoms with Crippen molar-refractivity contribution < 1.29 is 9.53 Å². The maximum Gasteiger partial charge on any atom is 0.234 e. The molecule has 0 saturated carbocycles. The van der Waals surface area contributed by atoms with Crippen molar-refractivity contribution in [3.8, 4) is 11.8 Å². The molecule has 2 rings (SSSR count). The van der Waals surface area contributed by atoms with Crippen molar-refractivity contribution in [3.05, 3.63) is 35.2 Å². The third-order valence-corrected chi connectivity index (χ3v) is 5.90. The quantitative estimate of drug-likeness (QED) is 0.501. The molecule has 1 heterocycles. The van der Waals surface area contributed by atoms with Crippen LogP contribution >= 0.6 is 11.8 Å². The molecule has 0 bridgehead atoms. The molecule has 8 nitrogen and oxygen atoms in total. The number of ether oxygens (including phenoxy) is 1. The molecule has 1 amide bonds. The van der Waals surface area contributed by atoms with Gasteiger partial charge in [-0.1, -0.05) is 43.3 Å². The Hall–Kier alpha value is -2.73. The molecule has 29 heavy (non-hydrogen) atoms. The van der Waals surface area contributed by atoms with E-state index < -0.39 is 10.8 Å². The molecule has 9 heteroatoms. The van der Waals surface area contributed by atoms with Crippen LogP contribution in [0.5, 0.6) is 5.75 Å². The number of aromatic nitrogens is 3. The Kier molecular flexibility index (Phi) is 7.14. The van der Waals surface area contributed by atoms with E-state index in [1.54, 1.807) is 13.8 Å². The fraction of sp³-hybridized carbons (Fsp3) is 0.500. The highest BCUT2D eigenvalue weighted by atomic mass is 32.2. The minimum Gasteiger partial charge on any atom is -0.485 e. The number of nitrogen functional groups attached to an aromatic ring is 1. The molecule has 0 aliphatic heterocycles. The summed E-state index contributed by atoms with van der Waals surface area (Å²) in [5.41, 5.74) is 1.25. The van der Waals surface area contributed by atoms with Gasteiger partial charge in [0.05, 0.1) is 11.3 Å². The first-order valence-corrected chi connectivity index (χ1v) is 10.2. The molecule has 2 aromatic rings. The summed E-state index contributed by atoms with van der Waals surface area (Å²) in [5.74, 6) is 7.00. The van der Waals surface area contributed by atoms with Crippen molar-refractivity contribution in [3.63, 3.8) is 0 Å². The van der Waals surface area contributed by atoms with Crippen LogP contribution in [0.1, 0.15) is 44.6 Å². The second kappa shape index (κ2) is 9.18. The molecule has 0 fully saturated rings. The van der Waals surface area contributed by atoms with Crippen LogP contribution in [-0.2, 0) is 11.4 Å². The summed E-state index contributed by atoms with van der Waals surface area (Å²) in [6.45, 7) is 11.4. The zero-order valence-corrected chi connectivity index (χ0v) is 18.5.